The van der Waals surface area contributed by atoms with Crippen LogP contribution < -0.4 is 11.2 Å². The van der Waals surface area contributed by atoms with E-state index in [0.29, 0.717) is 4.57 Å². The van der Waals surface area contributed by atoms with Crippen LogP contribution in [0.3, 0.4) is 0 Å². The Morgan fingerprint density at radius 1 is 1.30 bits per heavy atom. The van der Waals surface area contributed by atoms with Crippen LogP contribution in [0.25, 0.3) is 0 Å². The summed E-state index contributed by atoms with van der Waals surface area (Å²) in [7, 11) is 0. The minimum absolute atomic E-state index is 0.142. The lowest BCUT2D eigenvalue weighted by Crippen LogP contribution is -2.48. The number of halogens is 2. The average molecular weight is 384 g/mol. The second-order valence-electron chi connectivity index (χ2n) is 5.60. The number of alkyl halides is 2. The molecule has 0 fully saturated rings. The van der Waals surface area contributed by atoms with E-state index in [2.05, 4.69) is 0 Å². The standard InChI is InChI=1S/C17H18F2N2O6/c1-11(26-15(24)12-5-3-2-4-6-12)17(19,10-22)27-14(9-18)21-8-7-13(23)20-16(21)25/h2-8,11,14,22H,9-10H2,1H3,(H,20,23,25)/t11-,14+,17+/m0/s1. The van der Waals surface area contributed by atoms with Crippen molar-refractivity contribution in [3.8, 4) is 0 Å². The number of hydrogen-bond acceptors (Lipinski definition) is 6. The van der Waals surface area contributed by atoms with Gasteiger partial charge >= 0.3 is 11.7 Å². The van der Waals surface area contributed by atoms with E-state index in [1.807, 2.05) is 4.98 Å². The molecule has 1 heterocycles. The van der Waals surface area contributed by atoms with Gasteiger partial charge in [-0.2, -0.15) is 0 Å². The molecule has 0 aliphatic rings. The van der Waals surface area contributed by atoms with E-state index < -0.39 is 48.7 Å². The number of nitrogens with zero attached hydrogens (tertiary/aromatic N) is 1. The first-order chi connectivity index (χ1) is 12.8. The molecule has 0 bridgehead atoms. The summed E-state index contributed by atoms with van der Waals surface area (Å²) in [5, 5.41) is 9.38. The third-order valence-corrected chi connectivity index (χ3v) is 3.74. The summed E-state index contributed by atoms with van der Waals surface area (Å²) in [5.74, 6) is -3.88. The third-order valence-electron chi connectivity index (χ3n) is 3.74. The molecule has 0 aliphatic carbocycles. The van der Waals surface area contributed by atoms with Crippen molar-refractivity contribution in [2.45, 2.75) is 25.1 Å². The Labute approximate surface area is 152 Å². The molecule has 1 aromatic carbocycles. The highest BCUT2D eigenvalue weighted by Crippen LogP contribution is 2.27. The fraction of sp³-hybridized carbons (Fsp3) is 0.353. The number of nitrogens with one attached hydrogen (secondary N) is 1. The Bertz CT molecular complexity index is 885. The largest absolute Gasteiger partial charge is 0.453 e. The third kappa shape index (κ3) is 4.86. The van der Waals surface area contributed by atoms with Gasteiger partial charge in [0.2, 0.25) is 0 Å². The summed E-state index contributed by atoms with van der Waals surface area (Å²) in [6, 6.07) is 8.63. The smallest absolute Gasteiger partial charge is 0.338 e. The number of aromatic amines is 1. The molecule has 27 heavy (non-hydrogen) atoms. The number of hydrogen-bond donors (Lipinski definition) is 2. The molecule has 0 aliphatic heterocycles. The van der Waals surface area contributed by atoms with Crippen molar-refractivity contribution in [1.29, 1.82) is 0 Å². The maximum atomic E-state index is 15.0. The Hall–Kier alpha value is -2.85. The highest BCUT2D eigenvalue weighted by Gasteiger charge is 2.43. The highest BCUT2D eigenvalue weighted by molar-refractivity contribution is 5.89. The minimum Gasteiger partial charge on any atom is -0.453 e. The molecular formula is C17H18F2N2O6. The second kappa shape index (κ2) is 8.69. The molecule has 2 N–H and O–H groups in total. The number of rotatable bonds is 8. The van der Waals surface area contributed by atoms with Crippen LogP contribution in [0.15, 0.2) is 52.2 Å². The van der Waals surface area contributed by atoms with Gasteiger partial charge in [0.1, 0.15) is 13.3 Å². The van der Waals surface area contributed by atoms with Crippen LogP contribution >= 0.6 is 0 Å². The molecule has 10 heteroatoms. The Balaban J connectivity index is 2.19. The van der Waals surface area contributed by atoms with E-state index in [-0.39, 0.29) is 5.56 Å². The zero-order chi connectivity index (χ0) is 20.0. The van der Waals surface area contributed by atoms with Gasteiger partial charge < -0.3 is 14.6 Å². The summed E-state index contributed by atoms with van der Waals surface area (Å²) < 4.78 is 38.8. The summed E-state index contributed by atoms with van der Waals surface area (Å²) >= 11 is 0. The van der Waals surface area contributed by atoms with Crippen LogP contribution in [0.2, 0.25) is 0 Å². The van der Waals surface area contributed by atoms with E-state index in [1.165, 1.54) is 12.1 Å². The van der Waals surface area contributed by atoms with Crippen LogP contribution in [0.1, 0.15) is 23.5 Å². The van der Waals surface area contributed by atoms with Gasteiger partial charge in [0.25, 0.3) is 11.4 Å². The van der Waals surface area contributed by atoms with Gasteiger partial charge in [0.15, 0.2) is 12.3 Å². The van der Waals surface area contributed by atoms with Crippen LogP contribution in [0.5, 0.6) is 0 Å². The number of carbonyl (C=O) groups excluding carboxylic acids is 1. The molecule has 2 rings (SSSR count). The molecule has 1 aromatic heterocycles. The van der Waals surface area contributed by atoms with E-state index in [4.69, 9.17) is 9.47 Å². The quantitative estimate of drug-likeness (QED) is 0.655. The Kier molecular flexibility index (Phi) is 6.59. The molecule has 2 aromatic rings. The molecule has 8 nitrogen and oxygen atoms in total. The number of aromatic nitrogens is 2. The van der Waals surface area contributed by atoms with E-state index in [0.717, 1.165) is 19.2 Å². The maximum absolute atomic E-state index is 15.0. The normalized spacial score (nSPS) is 15.6. The van der Waals surface area contributed by atoms with Gasteiger partial charge in [0, 0.05) is 12.3 Å². The van der Waals surface area contributed by atoms with E-state index in [9.17, 15) is 23.9 Å². The van der Waals surface area contributed by atoms with E-state index in [1.54, 1.807) is 18.2 Å². The molecule has 0 unspecified atom stereocenters. The molecule has 0 radical (unpaired) electrons. The lowest BCUT2D eigenvalue weighted by atomic mass is 10.2. The number of carbonyl (C=O) groups is 1. The Morgan fingerprint density at radius 3 is 2.52 bits per heavy atom. The maximum Gasteiger partial charge on any atom is 0.338 e. The van der Waals surface area contributed by atoms with Gasteiger partial charge in [0.05, 0.1) is 5.56 Å². The molecule has 0 amide bonds. The summed E-state index contributed by atoms with van der Waals surface area (Å²) in [5.41, 5.74) is -1.62. The van der Waals surface area contributed by atoms with Crippen molar-refractivity contribution in [3.63, 3.8) is 0 Å². The predicted octanol–water partition coefficient (Wildman–Crippen LogP) is 0.925. The fourth-order valence-electron chi connectivity index (χ4n) is 2.20. The van der Waals surface area contributed by atoms with Crippen molar-refractivity contribution >= 4 is 5.97 Å². The predicted molar refractivity (Wildman–Crippen MR) is 89.7 cm³/mol. The zero-order valence-corrected chi connectivity index (χ0v) is 14.3. The van der Waals surface area contributed by atoms with Gasteiger partial charge in [-0.15, -0.1) is 0 Å². The SMILES string of the molecule is C[C@H](OC(=O)c1ccccc1)[C@@](F)(CO)O[C@H](CF)n1ccc(=O)[nH]c1=O. The number of aliphatic hydroxyl groups is 1. The van der Waals surface area contributed by atoms with Gasteiger partial charge in [-0.3, -0.25) is 14.3 Å². The van der Waals surface area contributed by atoms with Crippen LogP contribution in [0, 0.1) is 0 Å². The van der Waals surface area contributed by atoms with Crippen molar-refractivity contribution < 1.29 is 28.2 Å². The monoisotopic (exact) mass is 384 g/mol. The molecule has 0 saturated heterocycles. The summed E-state index contributed by atoms with van der Waals surface area (Å²) in [6.07, 6.45) is -2.52. The molecule has 0 spiro atoms. The summed E-state index contributed by atoms with van der Waals surface area (Å²) in [4.78, 5) is 36.7. The van der Waals surface area contributed by atoms with Gasteiger partial charge in [-0.05, 0) is 19.1 Å². The zero-order valence-electron chi connectivity index (χ0n) is 14.3. The van der Waals surface area contributed by atoms with Crippen LogP contribution in [-0.2, 0) is 9.47 Å². The minimum atomic E-state index is -3.00. The summed E-state index contributed by atoms with van der Waals surface area (Å²) in [6.45, 7) is -1.51. The van der Waals surface area contributed by atoms with Gasteiger partial charge in [-0.1, -0.05) is 18.2 Å². The lowest BCUT2D eigenvalue weighted by Gasteiger charge is -2.32. The topological polar surface area (TPSA) is 111 Å². The molecule has 3 atom stereocenters. The number of esters is 1. The number of benzene rings is 1. The number of ether oxygens (including phenoxy) is 2. The second-order valence-corrected chi connectivity index (χ2v) is 5.60. The lowest BCUT2D eigenvalue weighted by molar-refractivity contribution is -0.263. The van der Waals surface area contributed by atoms with Crippen molar-refractivity contribution in [2.24, 2.45) is 0 Å². The van der Waals surface area contributed by atoms with Crippen molar-refractivity contribution in [2.75, 3.05) is 13.3 Å². The van der Waals surface area contributed by atoms with Crippen LogP contribution in [0.4, 0.5) is 8.78 Å². The Morgan fingerprint density at radius 2 is 1.96 bits per heavy atom. The fourth-order valence-corrected chi connectivity index (χ4v) is 2.20. The molecular weight excluding hydrogens is 366 g/mol. The number of aliphatic hydroxyl groups excluding tert-OH is 1. The van der Waals surface area contributed by atoms with Crippen molar-refractivity contribution in [1.82, 2.24) is 9.55 Å². The molecule has 146 valence electrons. The van der Waals surface area contributed by atoms with E-state index >= 15 is 4.39 Å². The van der Waals surface area contributed by atoms with Crippen molar-refractivity contribution in [3.05, 3.63) is 69.0 Å². The first kappa shape index (κ1) is 20.5. The first-order valence-electron chi connectivity index (χ1n) is 7.92. The number of H-pyrrole nitrogens is 1. The average Bonchev–Trinajstić information content (AvgIpc) is 2.67. The first-order valence-corrected chi connectivity index (χ1v) is 7.92. The highest BCUT2D eigenvalue weighted by atomic mass is 19.2. The van der Waals surface area contributed by atoms with Gasteiger partial charge in [-0.25, -0.2) is 18.4 Å². The molecule has 0 saturated carbocycles. The van der Waals surface area contributed by atoms with Crippen LogP contribution in [-0.4, -0.2) is 45.9 Å².